The monoisotopic (exact) mass is 468 g/mol. The highest BCUT2D eigenvalue weighted by molar-refractivity contribution is 5.74. The summed E-state index contributed by atoms with van der Waals surface area (Å²) < 4.78 is 0. The zero-order valence-electron chi connectivity index (χ0n) is 22.3. The molecule has 0 heterocycles. The van der Waals surface area contributed by atoms with E-state index < -0.39 is 0 Å². The molecule has 0 aliphatic heterocycles. The zero-order chi connectivity index (χ0) is 24.4. The predicted octanol–water partition coefficient (Wildman–Crippen LogP) is 11.4. The van der Waals surface area contributed by atoms with E-state index in [9.17, 15) is 0 Å². The molecule has 188 valence electrons. The molecule has 0 aliphatic carbocycles. The molecule has 0 N–H and O–H groups in total. The molecule has 0 atom stereocenters. The van der Waals surface area contributed by atoms with E-state index in [2.05, 4.69) is 85.8 Å². The second kappa shape index (κ2) is 17.1. The lowest BCUT2D eigenvalue weighted by atomic mass is 9.94. The van der Waals surface area contributed by atoms with Crippen molar-refractivity contribution >= 4 is 0 Å². The van der Waals surface area contributed by atoms with Crippen molar-refractivity contribution in [3.63, 3.8) is 0 Å². The normalized spacial score (nSPS) is 11.1. The van der Waals surface area contributed by atoms with Crippen LogP contribution in [0.3, 0.4) is 0 Å². The van der Waals surface area contributed by atoms with Crippen molar-refractivity contribution in [1.82, 2.24) is 0 Å². The molecular formula is C35H48. The lowest BCUT2D eigenvalue weighted by Crippen LogP contribution is -1.91. The average molecular weight is 469 g/mol. The lowest BCUT2D eigenvalue weighted by molar-refractivity contribution is 0.532. The molecule has 0 saturated carbocycles. The van der Waals surface area contributed by atoms with Gasteiger partial charge < -0.3 is 0 Å². The molecular weight excluding hydrogens is 420 g/mol. The van der Waals surface area contributed by atoms with E-state index in [0.29, 0.717) is 0 Å². The maximum absolute atomic E-state index is 2.41. The predicted molar refractivity (Wildman–Crippen MR) is 156 cm³/mol. The standard InChI is InChI=1S/C35H48/c1-2-3-4-5-6-7-8-9-10-11-12-13-14-15-18-23-31-28-34(32-24-19-16-20-25-32)30-35(29-31)33-26-21-17-22-27-33/h16-17,19-22,24-30H,2-15,18,23H2,1H3. The lowest BCUT2D eigenvalue weighted by Gasteiger charge is -2.11. The fraction of sp³-hybridized carbons (Fsp3) is 0.486. The van der Waals surface area contributed by atoms with Gasteiger partial charge in [-0.15, -0.1) is 0 Å². The van der Waals surface area contributed by atoms with Crippen LogP contribution >= 0.6 is 0 Å². The molecule has 0 heteroatoms. The quantitative estimate of drug-likeness (QED) is 0.163. The van der Waals surface area contributed by atoms with Crippen LogP contribution in [-0.2, 0) is 6.42 Å². The number of benzene rings is 3. The molecule has 0 saturated heterocycles. The molecule has 3 rings (SSSR count). The SMILES string of the molecule is CCCCCCCCCCCCCCCCCc1cc(-c2ccccc2)cc(-c2ccccc2)c1. The highest BCUT2D eigenvalue weighted by Gasteiger charge is 2.06. The average Bonchev–Trinajstić information content (AvgIpc) is 2.91. The molecule has 3 aromatic carbocycles. The first-order valence-corrected chi connectivity index (χ1v) is 14.6. The minimum absolute atomic E-state index is 1.18. The van der Waals surface area contributed by atoms with Crippen molar-refractivity contribution in [3.05, 3.63) is 84.4 Å². The summed E-state index contributed by atoms with van der Waals surface area (Å²) in [4.78, 5) is 0. The second-order valence-electron chi connectivity index (χ2n) is 10.4. The highest BCUT2D eigenvalue weighted by Crippen LogP contribution is 2.29. The van der Waals surface area contributed by atoms with Gasteiger partial charge in [-0.05, 0) is 46.7 Å². The fourth-order valence-electron chi connectivity index (χ4n) is 5.13. The summed E-state index contributed by atoms with van der Waals surface area (Å²) in [7, 11) is 0. The van der Waals surface area contributed by atoms with Crippen molar-refractivity contribution in [3.8, 4) is 22.3 Å². The van der Waals surface area contributed by atoms with Crippen LogP contribution in [0.1, 0.15) is 109 Å². The van der Waals surface area contributed by atoms with Crippen molar-refractivity contribution in [1.29, 1.82) is 0 Å². The van der Waals surface area contributed by atoms with Gasteiger partial charge in [0, 0.05) is 0 Å². The Labute approximate surface area is 216 Å². The third-order valence-corrected chi connectivity index (χ3v) is 7.28. The smallest absolute Gasteiger partial charge is 0.0175 e. The van der Waals surface area contributed by atoms with Crippen molar-refractivity contribution in [2.45, 2.75) is 110 Å². The van der Waals surface area contributed by atoms with Crippen molar-refractivity contribution in [2.75, 3.05) is 0 Å². The summed E-state index contributed by atoms with van der Waals surface area (Å²) in [6.07, 6.45) is 22.5. The van der Waals surface area contributed by atoms with Crippen LogP contribution in [0.25, 0.3) is 22.3 Å². The fourth-order valence-corrected chi connectivity index (χ4v) is 5.13. The van der Waals surface area contributed by atoms with Gasteiger partial charge in [-0.3, -0.25) is 0 Å². The molecule has 3 aromatic rings. The topological polar surface area (TPSA) is 0 Å². The Bertz CT molecular complexity index is 852. The van der Waals surface area contributed by atoms with Crippen LogP contribution in [0.2, 0.25) is 0 Å². The van der Waals surface area contributed by atoms with Crippen molar-refractivity contribution in [2.24, 2.45) is 0 Å². The number of unbranched alkanes of at least 4 members (excludes halogenated alkanes) is 14. The number of hydrogen-bond donors (Lipinski definition) is 0. The second-order valence-corrected chi connectivity index (χ2v) is 10.4. The molecule has 0 aliphatic rings. The molecule has 0 spiro atoms. The summed E-state index contributed by atoms with van der Waals surface area (Å²) in [6.45, 7) is 2.30. The molecule has 0 fully saturated rings. The van der Waals surface area contributed by atoms with Gasteiger partial charge in [0.25, 0.3) is 0 Å². The van der Waals surface area contributed by atoms with E-state index in [-0.39, 0.29) is 0 Å². The first kappa shape index (κ1) is 27.3. The molecule has 0 unspecified atom stereocenters. The maximum Gasteiger partial charge on any atom is -0.0175 e. The van der Waals surface area contributed by atoms with Gasteiger partial charge in [0.2, 0.25) is 0 Å². The Kier molecular flexibility index (Phi) is 13.4. The van der Waals surface area contributed by atoms with Crippen LogP contribution in [0.15, 0.2) is 78.9 Å². The van der Waals surface area contributed by atoms with Crippen molar-refractivity contribution < 1.29 is 0 Å². The Balaban J connectivity index is 1.34. The van der Waals surface area contributed by atoms with E-state index >= 15 is 0 Å². The zero-order valence-corrected chi connectivity index (χ0v) is 22.3. The van der Waals surface area contributed by atoms with Gasteiger partial charge >= 0.3 is 0 Å². The van der Waals surface area contributed by atoms with Gasteiger partial charge in [-0.25, -0.2) is 0 Å². The number of rotatable bonds is 18. The minimum atomic E-state index is 1.18. The van der Waals surface area contributed by atoms with Gasteiger partial charge in [-0.1, -0.05) is 170 Å². The maximum atomic E-state index is 2.41. The highest BCUT2D eigenvalue weighted by atomic mass is 14.1. The number of hydrogen-bond acceptors (Lipinski definition) is 0. The van der Waals surface area contributed by atoms with Crippen LogP contribution in [0, 0.1) is 0 Å². The largest absolute Gasteiger partial charge is 0.0654 e. The van der Waals surface area contributed by atoms with Gasteiger partial charge in [0.05, 0.1) is 0 Å². The summed E-state index contributed by atoms with van der Waals surface area (Å²) in [5, 5.41) is 0. The van der Waals surface area contributed by atoms with Crippen LogP contribution in [0.5, 0.6) is 0 Å². The first-order chi connectivity index (χ1) is 17.4. The molecule has 0 amide bonds. The van der Waals surface area contributed by atoms with Crippen LogP contribution < -0.4 is 0 Å². The first-order valence-electron chi connectivity index (χ1n) is 14.6. The Morgan fingerprint density at radius 3 is 1.14 bits per heavy atom. The third-order valence-electron chi connectivity index (χ3n) is 7.28. The van der Waals surface area contributed by atoms with Gasteiger partial charge in [0.15, 0.2) is 0 Å². The summed E-state index contributed by atoms with van der Waals surface area (Å²) in [5.41, 5.74) is 6.76. The van der Waals surface area contributed by atoms with Gasteiger partial charge in [0.1, 0.15) is 0 Å². The third kappa shape index (κ3) is 10.9. The Morgan fingerprint density at radius 2 is 0.743 bits per heavy atom. The Hall–Kier alpha value is -2.34. The summed E-state index contributed by atoms with van der Waals surface area (Å²) in [5.74, 6) is 0. The summed E-state index contributed by atoms with van der Waals surface area (Å²) >= 11 is 0. The molecule has 35 heavy (non-hydrogen) atoms. The van der Waals surface area contributed by atoms with E-state index in [4.69, 9.17) is 0 Å². The van der Waals surface area contributed by atoms with E-state index in [1.54, 1.807) is 0 Å². The number of aryl methyl sites for hydroxylation is 1. The Morgan fingerprint density at radius 1 is 0.371 bits per heavy atom. The molecule has 0 aromatic heterocycles. The van der Waals surface area contributed by atoms with Crippen LogP contribution in [0.4, 0.5) is 0 Å². The van der Waals surface area contributed by atoms with Crippen LogP contribution in [-0.4, -0.2) is 0 Å². The van der Waals surface area contributed by atoms with Gasteiger partial charge in [-0.2, -0.15) is 0 Å². The minimum Gasteiger partial charge on any atom is -0.0654 e. The summed E-state index contributed by atoms with van der Waals surface area (Å²) in [6, 6.07) is 28.8. The molecule has 0 bridgehead atoms. The van der Waals surface area contributed by atoms with E-state index in [1.165, 1.54) is 131 Å². The van der Waals surface area contributed by atoms with E-state index in [1.807, 2.05) is 0 Å². The van der Waals surface area contributed by atoms with E-state index in [0.717, 1.165) is 0 Å². The molecule has 0 nitrogen and oxygen atoms in total. The molecule has 0 radical (unpaired) electrons.